The molecule has 3 amide bonds. The third kappa shape index (κ3) is 4.73. The van der Waals surface area contributed by atoms with Crippen molar-refractivity contribution in [1.82, 2.24) is 10.2 Å². The topological polar surface area (TPSA) is 86.7 Å². The van der Waals surface area contributed by atoms with Crippen LogP contribution in [-0.2, 0) is 9.59 Å². The van der Waals surface area contributed by atoms with Gasteiger partial charge in [0.15, 0.2) is 0 Å². The van der Waals surface area contributed by atoms with Crippen molar-refractivity contribution >= 4 is 17.9 Å². The second-order valence-electron chi connectivity index (χ2n) is 4.91. The number of carbonyl (C=O) groups excluding carboxylic acids is 2. The highest BCUT2D eigenvalue weighted by atomic mass is 16.4. The number of hydrogen-bond acceptors (Lipinski definition) is 3. The van der Waals surface area contributed by atoms with Crippen LogP contribution >= 0.6 is 0 Å². The van der Waals surface area contributed by atoms with Gasteiger partial charge in [-0.15, -0.1) is 0 Å². The van der Waals surface area contributed by atoms with Gasteiger partial charge in [-0.3, -0.25) is 10.1 Å². The zero-order valence-electron chi connectivity index (χ0n) is 11.3. The average Bonchev–Trinajstić information content (AvgIpc) is 2.36. The van der Waals surface area contributed by atoms with E-state index in [1.807, 2.05) is 0 Å². The molecule has 0 aromatic heterocycles. The minimum Gasteiger partial charge on any atom is -0.478 e. The van der Waals surface area contributed by atoms with E-state index in [0.29, 0.717) is 12.0 Å². The second-order valence-corrected chi connectivity index (χ2v) is 4.91. The summed E-state index contributed by atoms with van der Waals surface area (Å²) in [5, 5.41) is 10.5. The van der Waals surface area contributed by atoms with Crippen molar-refractivity contribution in [2.45, 2.75) is 38.6 Å². The number of imide groups is 1. The van der Waals surface area contributed by atoms with Crippen LogP contribution in [0, 0.1) is 5.92 Å². The Morgan fingerprint density at radius 3 is 2.42 bits per heavy atom. The van der Waals surface area contributed by atoms with Crippen LogP contribution in [0.25, 0.3) is 0 Å². The highest BCUT2D eigenvalue weighted by Gasteiger charge is 2.28. The molecule has 0 heterocycles. The van der Waals surface area contributed by atoms with Crippen LogP contribution < -0.4 is 5.32 Å². The van der Waals surface area contributed by atoms with Crippen LogP contribution in [0.15, 0.2) is 12.2 Å². The third-order valence-electron chi connectivity index (χ3n) is 3.49. The van der Waals surface area contributed by atoms with Crippen LogP contribution in [0.4, 0.5) is 4.79 Å². The molecular weight excluding hydrogens is 248 g/mol. The molecule has 1 rings (SSSR count). The summed E-state index contributed by atoms with van der Waals surface area (Å²) in [6, 6.07) is -0.358. The van der Waals surface area contributed by atoms with Gasteiger partial charge in [0.2, 0.25) is 0 Å². The Kier molecular flexibility index (Phi) is 5.54. The molecule has 19 heavy (non-hydrogen) atoms. The molecule has 0 aliphatic heterocycles. The molecule has 0 spiro atoms. The zero-order chi connectivity index (χ0) is 14.4. The number of urea groups is 1. The van der Waals surface area contributed by atoms with Crippen LogP contribution in [0.2, 0.25) is 0 Å². The Bertz CT molecular complexity index is 392. The summed E-state index contributed by atoms with van der Waals surface area (Å²) in [4.78, 5) is 35.0. The van der Waals surface area contributed by atoms with Gasteiger partial charge in [0.05, 0.1) is 0 Å². The van der Waals surface area contributed by atoms with E-state index in [1.54, 1.807) is 7.05 Å². The van der Waals surface area contributed by atoms with Gasteiger partial charge in [-0.25, -0.2) is 9.59 Å². The first-order valence-electron chi connectivity index (χ1n) is 6.40. The van der Waals surface area contributed by atoms with Crippen LogP contribution in [0.1, 0.15) is 32.6 Å². The number of nitrogens with one attached hydrogen (secondary N) is 1. The first-order chi connectivity index (χ1) is 8.91. The van der Waals surface area contributed by atoms with Crippen molar-refractivity contribution in [1.29, 1.82) is 0 Å². The maximum atomic E-state index is 11.9. The first-order valence-corrected chi connectivity index (χ1v) is 6.40. The van der Waals surface area contributed by atoms with Crippen molar-refractivity contribution in [3.8, 4) is 0 Å². The monoisotopic (exact) mass is 268 g/mol. The number of hydrogen-bond donors (Lipinski definition) is 2. The smallest absolute Gasteiger partial charge is 0.328 e. The molecule has 106 valence electrons. The molecule has 0 bridgehead atoms. The van der Waals surface area contributed by atoms with Gasteiger partial charge < -0.3 is 10.0 Å². The average molecular weight is 268 g/mol. The van der Waals surface area contributed by atoms with E-state index >= 15 is 0 Å². The van der Waals surface area contributed by atoms with E-state index in [0.717, 1.165) is 25.3 Å². The summed E-state index contributed by atoms with van der Waals surface area (Å²) < 4.78 is 0. The molecular formula is C13H20N2O4. The summed E-state index contributed by atoms with van der Waals surface area (Å²) >= 11 is 0. The lowest BCUT2D eigenvalue weighted by Gasteiger charge is -2.35. The predicted octanol–water partition coefficient (Wildman–Crippen LogP) is 1.37. The van der Waals surface area contributed by atoms with Crippen molar-refractivity contribution in [3.05, 3.63) is 12.2 Å². The van der Waals surface area contributed by atoms with Crippen molar-refractivity contribution in [2.75, 3.05) is 7.05 Å². The standard InChI is InChI=1S/C13H20N2O4/c1-9-5-3-4-6-10(9)15(2)13(19)14-11(16)7-8-12(17)18/h7-10H,3-6H2,1-2H3,(H,17,18)(H,14,16,19)/b8-7+. The summed E-state index contributed by atoms with van der Waals surface area (Å²) in [6.07, 6.45) is 5.80. The lowest BCUT2D eigenvalue weighted by atomic mass is 9.85. The van der Waals surface area contributed by atoms with Gasteiger partial charge in [0.1, 0.15) is 0 Å². The highest BCUT2D eigenvalue weighted by Crippen LogP contribution is 2.27. The van der Waals surface area contributed by atoms with Crippen molar-refractivity contribution < 1.29 is 19.5 Å². The Hall–Kier alpha value is -1.85. The number of aliphatic carboxylic acids is 1. The van der Waals surface area contributed by atoms with E-state index in [-0.39, 0.29) is 6.04 Å². The molecule has 1 fully saturated rings. The predicted molar refractivity (Wildman–Crippen MR) is 69.5 cm³/mol. The van der Waals surface area contributed by atoms with Gasteiger partial charge >= 0.3 is 12.0 Å². The van der Waals surface area contributed by atoms with Gasteiger partial charge in [0, 0.05) is 25.2 Å². The molecule has 0 radical (unpaired) electrons. The van der Waals surface area contributed by atoms with Crippen molar-refractivity contribution in [3.63, 3.8) is 0 Å². The fourth-order valence-electron chi connectivity index (χ4n) is 2.40. The van der Waals surface area contributed by atoms with Crippen LogP contribution in [0.5, 0.6) is 0 Å². The Labute approximate surface area is 112 Å². The van der Waals surface area contributed by atoms with Gasteiger partial charge in [0.25, 0.3) is 5.91 Å². The molecule has 2 N–H and O–H groups in total. The highest BCUT2D eigenvalue weighted by molar-refractivity contribution is 6.02. The molecule has 1 aliphatic rings. The summed E-state index contributed by atoms with van der Waals surface area (Å²) in [5.74, 6) is -1.53. The normalized spacial score (nSPS) is 23.1. The number of nitrogens with zero attached hydrogens (tertiary/aromatic N) is 1. The van der Waals surface area contributed by atoms with E-state index < -0.39 is 17.9 Å². The minimum absolute atomic E-state index is 0.130. The van der Waals surface area contributed by atoms with Gasteiger partial charge in [-0.05, 0) is 18.8 Å². The maximum Gasteiger partial charge on any atom is 0.328 e. The molecule has 0 aromatic rings. The maximum absolute atomic E-state index is 11.9. The Morgan fingerprint density at radius 2 is 1.84 bits per heavy atom. The van der Waals surface area contributed by atoms with Gasteiger partial charge in [-0.1, -0.05) is 19.8 Å². The van der Waals surface area contributed by atoms with Crippen LogP contribution in [0.3, 0.4) is 0 Å². The van der Waals surface area contributed by atoms with E-state index in [9.17, 15) is 14.4 Å². The largest absolute Gasteiger partial charge is 0.478 e. The van der Waals surface area contributed by atoms with E-state index in [4.69, 9.17) is 5.11 Å². The summed E-state index contributed by atoms with van der Waals surface area (Å²) in [6.45, 7) is 2.10. The van der Waals surface area contributed by atoms with Crippen molar-refractivity contribution in [2.24, 2.45) is 5.92 Å². The number of carboxylic acid groups (broad SMARTS) is 1. The SMILES string of the molecule is CC1CCCCC1N(C)C(=O)NC(=O)/C=C/C(=O)O. The third-order valence-corrected chi connectivity index (χ3v) is 3.49. The Morgan fingerprint density at radius 1 is 1.21 bits per heavy atom. The molecule has 2 unspecified atom stereocenters. The molecule has 6 nitrogen and oxygen atoms in total. The molecule has 1 aliphatic carbocycles. The Balaban J connectivity index is 2.52. The minimum atomic E-state index is -1.23. The lowest BCUT2D eigenvalue weighted by Crippen LogP contribution is -2.48. The number of carbonyl (C=O) groups is 3. The molecule has 0 aromatic carbocycles. The second kappa shape index (κ2) is 6.92. The fourth-order valence-corrected chi connectivity index (χ4v) is 2.40. The number of rotatable bonds is 3. The summed E-state index contributed by atoms with van der Waals surface area (Å²) in [7, 11) is 1.66. The van der Waals surface area contributed by atoms with E-state index in [1.165, 1.54) is 11.3 Å². The fraction of sp³-hybridized carbons (Fsp3) is 0.615. The molecule has 6 heteroatoms. The molecule has 0 saturated heterocycles. The number of carboxylic acids is 1. The number of amides is 3. The quantitative estimate of drug-likeness (QED) is 0.757. The van der Waals surface area contributed by atoms with Crippen LogP contribution in [-0.4, -0.2) is 41.0 Å². The molecule has 1 saturated carbocycles. The summed E-state index contributed by atoms with van der Waals surface area (Å²) in [5.41, 5.74) is 0. The van der Waals surface area contributed by atoms with E-state index in [2.05, 4.69) is 12.2 Å². The zero-order valence-corrected chi connectivity index (χ0v) is 11.3. The molecule has 2 atom stereocenters. The van der Waals surface area contributed by atoms with Gasteiger partial charge in [-0.2, -0.15) is 0 Å². The lowest BCUT2D eigenvalue weighted by molar-refractivity contribution is -0.131. The first kappa shape index (κ1) is 15.2.